The van der Waals surface area contributed by atoms with Crippen molar-refractivity contribution in [2.45, 2.75) is 26.2 Å². The maximum atomic E-state index is 12.4. The van der Waals surface area contributed by atoms with Crippen molar-refractivity contribution in [2.24, 2.45) is 0 Å². The summed E-state index contributed by atoms with van der Waals surface area (Å²) in [7, 11) is 0. The molecule has 1 aliphatic rings. The Kier molecular flexibility index (Phi) is 5.49. The maximum Gasteiger partial charge on any atom is 0.337 e. The standard InChI is InChI=1S/C20H21N3O4/c1-13-15(20(26)27)8-9-16(22-13)19(25)21-11-4-7-18(24)23-12-10-14-5-2-3-6-17(14)23/h2-3,5-6,8-9H,4,7,10-12H2,1H3,(H,21,25)(H,26,27). The predicted molar refractivity (Wildman–Crippen MR) is 100.0 cm³/mol. The van der Waals surface area contributed by atoms with Crippen LogP contribution in [0.5, 0.6) is 0 Å². The number of pyridine rings is 1. The number of carbonyl (C=O) groups is 3. The van der Waals surface area contributed by atoms with E-state index >= 15 is 0 Å². The molecule has 0 bridgehead atoms. The van der Waals surface area contributed by atoms with Gasteiger partial charge in [0.2, 0.25) is 5.91 Å². The lowest BCUT2D eigenvalue weighted by Crippen LogP contribution is -2.30. The van der Waals surface area contributed by atoms with Crippen LogP contribution >= 0.6 is 0 Å². The number of nitrogens with one attached hydrogen (secondary N) is 1. The van der Waals surface area contributed by atoms with Crippen molar-refractivity contribution in [3.05, 3.63) is 58.9 Å². The first-order valence-electron chi connectivity index (χ1n) is 8.85. The summed E-state index contributed by atoms with van der Waals surface area (Å²) in [5, 5.41) is 11.7. The number of carboxylic acid groups (broad SMARTS) is 1. The van der Waals surface area contributed by atoms with Crippen molar-refractivity contribution < 1.29 is 19.5 Å². The highest BCUT2D eigenvalue weighted by molar-refractivity contribution is 5.96. The van der Waals surface area contributed by atoms with E-state index in [2.05, 4.69) is 10.3 Å². The lowest BCUT2D eigenvalue weighted by molar-refractivity contribution is -0.118. The van der Waals surface area contributed by atoms with Crippen LogP contribution in [0.4, 0.5) is 5.69 Å². The fourth-order valence-corrected chi connectivity index (χ4v) is 3.18. The molecule has 0 aliphatic carbocycles. The smallest absolute Gasteiger partial charge is 0.337 e. The second-order valence-corrected chi connectivity index (χ2v) is 6.42. The Hall–Kier alpha value is -3.22. The highest BCUT2D eigenvalue weighted by atomic mass is 16.4. The Balaban J connectivity index is 1.48. The molecule has 0 spiro atoms. The van der Waals surface area contributed by atoms with Gasteiger partial charge in [0.15, 0.2) is 0 Å². The minimum Gasteiger partial charge on any atom is -0.478 e. The van der Waals surface area contributed by atoms with E-state index in [1.54, 1.807) is 11.8 Å². The van der Waals surface area contributed by atoms with Gasteiger partial charge in [-0.05, 0) is 43.5 Å². The molecule has 1 aromatic heterocycles. The number of carboxylic acids is 1. The van der Waals surface area contributed by atoms with E-state index in [0.29, 0.717) is 25.9 Å². The number of para-hydroxylation sites is 1. The van der Waals surface area contributed by atoms with E-state index in [9.17, 15) is 14.4 Å². The summed E-state index contributed by atoms with van der Waals surface area (Å²) in [5.74, 6) is -1.41. The fraction of sp³-hybridized carbons (Fsp3) is 0.300. The van der Waals surface area contributed by atoms with E-state index in [1.807, 2.05) is 24.3 Å². The normalized spacial score (nSPS) is 12.6. The number of aromatic nitrogens is 1. The highest BCUT2D eigenvalue weighted by Crippen LogP contribution is 2.27. The Morgan fingerprint density at radius 2 is 1.96 bits per heavy atom. The van der Waals surface area contributed by atoms with Crippen LogP contribution < -0.4 is 10.2 Å². The molecule has 0 radical (unpaired) electrons. The molecule has 140 valence electrons. The molecular formula is C20H21N3O4. The van der Waals surface area contributed by atoms with Gasteiger partial charge in [0.05, 0.1) is 11.3 Å². The summed E-state index contributed by atoms with van der Waals surface area (Å²) in [6.07, 6.45) is 1.74. The average Bonchev–Trinajstić information content (AvgIpc) is 3.08. The molecule has 2 heterocycles. The van der Waals surface area contributed by atoms with Crippen molar-refractivity contribution in [3.63, 3.8) is 0 Å². The summed E-state index contributed by atoms with van der Waals surface area (Å²) in [4.78, 5) is 41.4. The van der Waals surface area contributed by atoms with Crippen LogP contribution in [0.2, 0.25) is 0 Å². The second-order valence-electron chi connectivity index (χ2n) is 6.42. The number of hydrogen-bond donors (Lipinski definition) is 2. The molecule has 0 fully saturated rings. The molecule has 7 nitrogen and oxygen atoms in total. The highest BCUT2D eigenvalue weighted by Gasteiger charge is 2.23. The molecule has 3 rings (SSSR count). The van der Waals surface area contributed by atoms with Crippen LogP contribution in [0.1, 0.15) is 44.9 Å². The van der Waals surface area contributed by atoms with E-state index in [1.165, 1.54) is 17.7 Å². The van der Waals surface area contributed by atoms with E-state index in [4.69, 9.17) is 5.11 Å². The molecule has 0 saturated heterocycles. The first kappa shape index (κ1) is 18.6. The van der Waals surface area contributed by atoms with Crippen LogP contribution in [0, 0.1) is 6.92 Å². The van der Waals surface area contributed by atoms with Gasteiger partial charge in [0.1, 0.15) is 5.69 Å². The third-order valence-corrected chi connectivity index (χ3v) is 4.59. The average molecular weight is 367 g/mol. The van der Waals surface area contributed by atoms with E-state index in [-0.39, 0.29) is 28.8 Å². The van der Waals surface area contributed by atoms with Crippen molar-refractivity contribution in [1.29, 1.82) is 0 Å². The summed E-state index contributed by atoms with van der Waals surface area (Å²) < 4.78 is 0. The van der Waals surface area contributed by atoms with Gasteiger partial charge in [-0.1, -0.05) is 18.2 Å². The first-order chi connectivity index (χ1) is 13.0. The quantitative estimate of drug-likeness (QED) is 0.763. The Morgan fingerprint density at radius 3 is 2.70 bits per heavy atom. The SMILES string of the molecule is Cc1nc(C(=O)NCCCC(=O)N2CCc3ccccc32)ccc1C(=O)O. The molecule has 1 aliphatic heterocycles. The third-order valence-electron chi connectivity index (χ3n) is 4.59. The number of hydrogen-bond acceptors (Lipinski definition) is 4. The largest absolute Gasteiger partial charge is 0.478 e. The van der Waals surface area contributed by atoms with Crippen molar-refractivity contribution in [1.82, 2.24) is 10.3 Å². The number of nitrogens with zero attached hydrogens (tertiary/aromatic N) is 2. The Bertz CT molecular complexity index is 895. The monoisotopic (exact) mass is 367 g/mol. The van der Waals surface area contributed by atoms with E-state index < -0.39 is 5.97 Å². The molecule has 2 amide bonds. The van der Waals surface area contributed by atoms with Gasteiger partial charge in [-0.3, -0.25) is 9.59 Å². The molecule has 7 heteroatoms. The predicted octanol–water partition coefficient (Wildman–Crippen LogP) is 2.19. The topological polar surface area (TPSA) is 99.6 Å². The third kappa shape index (κ3) is 4.13. The number of carbonyl (C=O) groups excluding carboxylic acids is 2. The second kappa shape index (κ2) is 7.99. The van der Waals surface area contributed by atoms with Gasteiger partial charge in [-0.25, -0.2) is 9.78 Å². The molecule has 27 heavy (non-hydrogen) atoms. The van der Waals surface area contributed by atoms with Gasteiger partial charge < -0.3 is 15.3 Å². The summed E-state index contributed by atoms with van der Waals surface area (Å²) in [6, 6.07) is 10.6. The lowest BCUT2D eigenvalue weighted by atomic mass is 10.2. The van der Waals surface area contributed by atoms with Crippen LogP contribution in [0.15, 0.2) is 36.4 Å². The van der Waals surface area contributed by atoms with Crippen molar-refractivity contribution >= 4 is 23.5 Å². The van der Waals surface area contributed by atoms with Gasteiger partial charge >= 0.3 is 5.97 Å². The molecule has 0 atom stereocenters. The molecular weight excluding hydrogens is 346 g/mol. The number of rotatable bonds is 6. The van der Waals surface area contributed by atoms with Gasteiger partial charge in [0, 0.05) is 25.2 Å². The molecule has 2 N–H and O–H groups in total. The Labute approximate surface area is 157 Å². The summed E-state index contributed by atoms with van der Waals surface area (Å²) in [5.41, 5.74) is 2.69. The number of benzene rings is 1. The van der Waals surface area contributed by atoms with E-state index in [0.717, 1.165) is 12.1 Å². The minimum atomic E-state index is -1.08. The molecule has 0 unspecified atom stereocenters. The van der Waals surface area contributed by atoms with Crippen LogP contribution in [-0.4, -0.2) is 41.0 Å². The number of fused-ring (bicyclic) bond motifs is 1. The van der Waals surface area contributed by atoms with Crippen LogP contribution in [-0.2, 0) is 11.2 Å². The molecule has 2 aromatic rings. The zero-order valence-corrected chi connectivity index (χ0v) is 15.1. The lowest BCUT2D eigenvalue weighted by Gasteiger charge is -2.17. The van der Waals surface area contributed by atoms with Gasteiger partial charge in [-0.15, -0.1) is 0 Å². The van der Waals surface area contributed by atoms with Crippen LogP contribution in [0.3, 0.4) is 0 Å². The Morgan fingerprint density at radius 1 is 1.19 bits per heavy atom. The summed E-state index contributed by atoms with van der Waals surface area (Å²) >= 11 is 0. The minimum absolute atomic E-state index is 0.0500. The summed E-state index contributed by atoms with van der Waals surface area (Å²) in [6.45, 7) is 2.60. The fourth-order valence-electron chi connectivity index (χ4n) is 3.18. The van der Waals surface area contributed by atoms with Crippen molar-refractivity contribution in [2.75, 3.05) is 18.0 Å². The zero-order valence-electron chi connectivity index (χ0n) is 15.1. The number of anilines is 1. The van der Waals surface area contributed by atoms with Gasteiger partial charge in [0.25, 0.3) is 5.91 Å². The number of aryl methyl sites for hydroxylation is 1. The van der Waals surface area contributed by atoms with Crippen molar-refractivity contribution in [3.8, 4) is 0 Å². The van der Waals surface area contributed by atoms with Crippen LogP contribution in [0.25, 0.3) is 0 Å². The van der Waals surface area contributed by atoms with Gasteiger partial charge in [-0.2, -0.15) is 0 Å². The zero-order chi connectivity index (χ0) is 19.4. The molecule has 0 saturated carbocycles. The molecule has 1 aromatic carbocycles. The number of amides is 2. The number of aromatic carboxylic acids is 1. The first-order valence-corrected chi connectivity index (χ1v) is 8.85. The maximum absolute atomic E-state index is 12.4.